The summed E-state index contributed by atoms with van der Waals surface area (Å²) in [5, 5.41) is 0. The zero-order valence-electron chi connectivity index (χ0n) is 12.8. The molecule has 2 rings (SSSR count). The van der Waals surface area contributed by atoms with Crippen LogP contribution in [0.3, 0.4) is 0 Å². The summed E-state index contributed by atoms with van der Waals surface area (Å²) in [7, 11) is 0. The first-order valence-electron chi connectivity index (χ1n) is 7.55. The molecule has 3 heteroatoms. The monoisotopic (exact) mass is 275 g/mol. The zero-order chi connectivity index (χ0) is 14.5. The minimum Gasteiger partial charge on any atom is -0.466 e. The number of nitrogens with zero attached hydrogens (tertiary/aromatic N) is 1. The maximum Gasteiger partial charge on any atom is 0.310 e. The number of piperidine rings is 1. The van der Waals surface area contributed by atoms with E-state index in [1.807, 2.05) is 6.92 Å². The summed E-state index contributed by atoms with van der Waals surface area (Å²) in [4.78, 5) is 14.3. The number of hydrogen-bond acceptors (Lipinski definition) is 3. The molecule has 0 amide bonds. The van der Waals surface area contributed by atoms with Crippen LogP contribution < -0.4 is 0 Å². The van der Waals surface area contributed by atoms with Gasteiger partial charge in [0.05, 0.1) is 12.5 Å². The molecule has 20 heavy (non-hydrogen) atoms. The maximum atomic E-state index is 11.9. The van der Waals surface area contributed by atoms with Gasteiger partial charge in [-0.1, -0.05) is 23.8 Å². The highest BCUT2D eigenvalue weighted by Crippen LogP contribution is 2.21. The molecule has 0 saturated carbocycles. The molecule has 1 aromatic carbocycles. The minimum absolute atomic E-state index is 0.0295. The molecule has 1 saturated heterocycles. The van der Waals surface area contributed by atoms with Gasteiger partial charge < -0.3 is 4.74 Å². The van der Waals surface area contributed by atoms with Crippen LogP contribution in [0.5, 0.6) is 0 Å². The van der Waals surface area contributed by atoms with E-state index in [-0.39, 0.29) is 11.9 Å². The van der Waals surface area contributed by atoms with Crippen LogP contribution in [0.25, 0.3) is 0 Å². The Hall–Kier alpha value is -1.35. The standard InChI is InChI=1S/C17H25NO2/c1-4-20-17(19)15-6-5-9-18(11-15)12-16-10-13(2)7-8-14(16)3/h7-8,10,15H,4-6,9,11-12H2,1-3H3/t15-/m1/s1. The van der Waals surface area contributed by atoms with Crippen molar-refractivity contribution in [1.82, 2.24) is 4.90 Å². The fourth-order valence-electron chi connectivity index (χ4n) is 2.86. The molecule has 0 unspecified atom stereocenters. The Kier molecular flexibility index (Phi) is 5.18. The highest BCUT2D eigenvalue weighted by molar-refractivity contribution is 5.72. The van der Waals surface area contributed by atoms with Crippen LogP contribution in [0.1, 0.15) is 36.5 Å². The molecule has 0 N–H and O–H groups in total. The van der Waals surface area contributed by atoms with Crippen molar-refractivity contribution in [3.63, 3.8) is 0 Å². The average molecular weight is 275 g/mol. The summed E-state index contributed by atoms with van der Waals surface area (Å²) in [5.41, 5.74) is 3.99. The van der Waals surface area contributed by atoms with Crippen molar-refractivity contribution in [1.29, 1.82) is 0 Å². The lowest BCUT2D eigenvalue weighted by molar-refractivity contribution is -0.150. The molecule has 1 heterocycles. The molecule has 1 aliphatic rings. The van der Waals surface area contributed by atoms with Crippen LogP contribution in [-0.4, -0.2) is 30.6 Å². The van der Waals surface area contributed by atoms with Gasteiger partial charge in [-0.25, -0.2) is 0 Å². The van der Waals surface area contributed by atoms with E-state index in [1.165, 1.54) is 16.7 Å². The van der Waals surface area contributed by atoms with Crippen LogP contribution in [0, 0.1) is 19.8 Å². The quantitative estimate of drug-likeness (QED) is 0.791. The van der Waals surface area contributed by atoms with E-state index in [4.69, 9.17) is 4.74 Å². The molecule has 1 atom stereocenters. The van der Waals surface area contributed by atoms with E-state index in [2.05, 4.69) is 36.9 Å². The van der Waals surface area contributed by atoms with Gasteiger partial charge in [-0.05, 0) is 51.3 Å². The number of benzene rings is 1. The van der Waals surface area contributed by atoms with Gasteiger partial charge >= 0.3 is 5.97 Å². The number of aryl methyl sites for hydroxylation is 2. The van der Waals surface area contributed by atoms with E-state index in [9.17, 15) is 4.79 Å². The van der Waals surface area contributed by atoms with Crippen molar-refractivity contribution in [3.05, 3.63) is 34.9 Å². The average Bonchev–Trinajstić information content (AvgIpc) is 2.43. The number of esters is 1. The largest absolute Gasteiger partial charge is 0.466 e. The molecule has 0 aliphatic carbocycles. The van der Waals surface area contributed by atoms with Gasteiger partial charge in [0.25, 0.3) is 0 Å². The van der Waals surface area contributed by atoms with E-state index in [0.717, 1.165) is 32.5 Å². The number of carbonyl (C=O) groups excluding carboxylic acids is 1. The van der Waals surface area contributed by atoms with Crippen molar-refractivity contribution in [2.45, 2.75) is 40.2 Å². The van der Waals surface area contributed by atoms with E-state index < -0.39 is 0 Å². The smallest absolute Gasteiger partial charge is 0.310 e. The normalized spacial score (nSPS) is 19.9. The Morgan fingerprint density at radius 1 is 1.40 bits per heavy atom. The summed E-state index contributed by atoms with van der Waals surface area (Å²) in [5.74, 6) is 0.0204. The number of ether oxygens (including phenoxy) is 1. The van der Waals surface area contributed by atoms with Gasteiger partial charge in [-0.2, -0.15) is 0 Å². The zero-order valence-corrected chi connectivity index (χ0v) is 12.8. The summed E-state index contributed by atoms with van der Waals surface area (Å²) in [6.45, 7) is 9.46. The molecule has 1 aliphatic heterocycles. The van der Waals surface area contributed by atoms with E-state index in [0.29, 0.717) is 6.61 Å². The molecule has 110 valence electrons. The summed E-state index contributed by atoms with van der Waals surface area (Å²) < 4.78 is 5.16. The number of hydrogen-bond donors (Lipinski definition) is 0. The van der Waals surface area contributed by atoms with E-state index >= 15 is 0 Å². The molecule has 0 bridgehead atoms. The molecule has 0 spiro atoms. The fraction of sp³-hybridized carbons (Fsp3) is 0.588. The Labute approximate surface area is 121 Å². The Balaban J connectivity index is 1.99. The lowest BCUT2D eigenvalue weighted by Gasteiger charge is -2.31. The third kappa shape index (κ3) is 3.83. The van der Waals surface area contributed by atoms with Crippen molar-refractivity contribution >= 4 is 5.97 Å². The third-order valence-corrected chi connectivity index (χ3v) is 4.02. The molecule has 3 nitrogen and oxygen atoms in total. The second-order valence-corrected chi connectivity index (χ2v) is 5.76. The van der Waals surface area contributed by atoms with Crippen molar-refractivity contribution < 1.29 is 9.53 Å². The highest BCUT2D eigenvalue weighted by atomic mass is 16.5. The Bertz CT molecular complexity index is 470. The molecular weight excluding hydrogens is 250 g/mol. The number of likely N-dealkylation sites (tertiary alicyclic amines) is 1. The van der Waals surface area contributed by atoms with Crippen LogP contribution >= 0.6 is 0 Å². The lowest BCUT2D eigenvalue weighted by atomic mass is 9.97. The van der Waals surface area contributed by atoms with Gasteiger partial charge in [0.2, 0.25) is 0 Å². The van der Waals surface area contributed by atoms with Crippen LogP contribution in [0.2, 0.25) is 0 Å². The lowest BCUT2D eigenvalue weighted by Crippen LogP contribution is -2.39. The van der Waals surface area contributed by atoms with Gasteiger partial charge in [-0.15, -0.1) is 0 Å². The van der Waals surface area contributed by atoms with Gasteiger partial charge in [0.1, 0.15) is 0 Å². The summed E-state index contributed by atoms with van der Waals surface area (Å²) in [6, 6.07) is 6.58. The van der Waals surface area contributed by atoms with Gasteiger partial charge in [0.15, 0.2) is 0 Å². The summed E-state index contributed by atoms with van der Waals surface area (Å²) in [6.07, 6.45) is 2.04. The third-order valence-electron chi connectivity index (χ3n) is 4.02. The fourth-order valence-corrected chi connectivity index (χ4v) is 2.86. The van der Waals surface area contributed by atoms with Gasteiger partial charge in [-0.3, -0.25) is 9.69 Å². The Morgan fingerprint density at radius 3 is 2.95 bits per heavy atom. The second kappa shape index (κ2) is 6.89. The van der Waals surface area contributed by atoms with Gasteiger partial charge in [0, 0.05) is 13.1 Å². The van der Waals surface area contributed by atoms with Crippen LogP contribution in [0.4, 0.5) is 0 Å². The molecule has 0 radical (unpaired) electrons. The second-order valence-electron chi connectivity index (χ2n) is 5.76. The van der Waals surface area contributed by atoms with E-state index in [1.54, 1.807) is 0 Å². The number of rotatable bonds is 4. The Morgan fingerprint density at radius 2 is 2.20 bits per heavy atom. The topological polar surface area (TPSA) is 29.5 Å². The molecule has 1 fully saturated rings. The summed E-state index contributed by atoms with van der Waals surface area (Å²) >= 11 is 0. The SMILES string of the molecule is CCOC(=O)[C@@H]1CCCN(Cc2cc(C)ccc2C)C1. The van der Waals surface area contributed by atoms with Crippen LogP contribution in [0.15, 0.2) is 18.2 Å². The first-order valence-corrected chi connectivity index (χ1v) is 7.55. The van der Waals surface area contributed by atoms with Crippen molar-refractivity contribution in [2.75, 3.05) is 19.7 Å². The predicted molar refractivity (Wildman–Crippen MR) is 80.6 cm³/mol. The minimum atomic E-state index is -0.0295. The first-order chi connectivity index (χ1) is 9.60. The molecular formula is C17H25NO2. The first kappa shape index (κ1) is 15.0. The molecule has 0 aromatic heterocycles. The van der Waals surface area contributed by atoms with Crippen molar-refractivity contribution in [2.24, 2.45) is 5.92 Å². The maximum absolute atomic E-state index is 11.9. The van der Waals surface area contributed by atoms with Crippen molar-refractivity contribution in [3.8, 4) is 0 Å². The van der Waals surface area contributed by atoms with Crippen LogP contribution in [-0.2, 0) is 16.1 Å². The number of carbonyl (C=O) groups is 1. The highest BCUT2D eigenvalue weighted by Gasteiger charge is 2.26. The predicted octanol–water partition coefficient (Wildman–Crippen LogP) is 3.08. The molecule has 1 aromatic rings.